The minimum absolute atomic E-state index is 0.186. The number of carbonyl (C=O) groups is 2. The largest absolute Gasteiger partial charge is 0.497 e. The highest BCUT2D eigenvalue weighted by molar-refractivity contribution is 7.08. The van der Waals surface area contributed by atoms with Gasteiger partial charge in [-0.3, -0.25) is 9.59 Å². The molecule has 6 nitrogen and oxygen atoms in total. The third-order valence-corrected chi connectivity index (χ3v) is 4.07. The second-order valence-electron chi connectivity index (χ2n) is 5.15. The summed E-state index contributed by atoms with van der Waals surface area (Å²) in [6.45, 7) is 1.61. The van der Waals surface area contributed by atoms with E-state index in [9.17, 15) is 9.59 Å². The monoisotopic (exact) mass is 349 g/mol. The summed E-state index contributed by atoms with van der Waals surface area (Å²) in [5, 5.41) is 15.4. The lowest BCUT2D eigenvalue weighted by atomic mass is 10.1. The van der Waals surface area contributed by atoms with E-state index >= 15 is 0 Å². The van der Waals surface area contributed by atoms with Crippen molar-refractivity contribution in [1.82, 2.24) is 5.32 Å². The van der Waals surface area contributed by atoms with E-state index in [4.69, 9.17) is 14.6 Å². The number of hydrogen-bond donors (Lipinski definition) is 2. The lowest BCUT2D eigenvalue weighted by Gasteiger charge is -2.20. The third kappa shape index (κ3) is 4.99. The predicted octanol–water partition coefficient (Wildman–Crippen LogP) is 2.86. The summed E-state index contributed by atoms with van der Waals surface area (Å²) in [5.41, 5.74) is 0.768. The first-order valence-electron chi connectivity index (χ1n) is 7.34. The molecule has 0 aliphatic heterocycles. The van der Waals surface area contributed by atoms with Gasteiger partial charge in [-0.25, -0.2) is 0 Å². The van der Waals surface area contributed by atoms with Crippen molar-refractivity contribution in [3.8, 4) is 11.5 Å². The number of rotatable bonds is 8. The highest BCUT2D eigenvalue weighted by atomic mass is 32.1. The Morgan fingerprint density at radius 2 is 2.04 bits per heavy atom. The highest BCUT2D eigenvalue weighted by Gasteiger charge is 2.22. The molecule has 0 aliphatic carbocycles. The SMILES string of the molecule is COc1cccc(OC(C)C(=O)NC(CC(=O)O)c2ccsc2)c1. The maximum atomic E-state index is 12.3. The molecule has 7 heteroatoms. The Bertz CT molecular complexity index is 686. The molecule has 2 rings (SSSR count). The molecule has 2 atom stereocenters. The number of carboxylic acids is 1. The number of carbonyl (C=O) groups excluding carboxylic acids is 1. The average Bonchev–Trinajstić information content (AvgIpc) is 3.08. The van der Waals surface area contributed by atoms with Crippen molar-refractivity contribution < 1.29 is 24.2 Å². The van der Waals surface area contributed by atoms with E-state index < -0.39 is 18.1 Å². The van der Waals surface area contributed by atoms with Gasteiger partial charge in [-0.1, -0.05) is 6.07 Å². The van der Waals surface area contributed by atoms with Crippen LogP contribution in [0.2, 0.25) is 0 Å². The van der Waals surface area contributed by atoms with E-state index in [0.29, 0.717) is 11.5 Å². The number of nitrogens with one attached hydrogen (secondary N) is 1. The summed E-state index contributed by atoms with van der Waals surface area (Å²) in [7, 11) is 1.55. The maximum Gasteiger partial charge on any atom is 0.305 e. The van der Waals surface area contributed by atoms with Gasteiger partial charge in [-0.15, -0.1) is 0 Å². The maximum absolute atomic E-state index is 12.3. The molecule has 24 heavy (non-hydrogen) atoms. The zero-order chi connectivity index (χ0) is 17.5. The van der Waals surface area contributed by atoms with Gasteiger partial charge in [0, 0.05) is 6.07 Å². The smallest absolute Gasteiger partial charge is 0.305 e. The first kappa shape index (κ1) is 17.8. The Morgan fingerprint density at radius 1 is 1.29 bits per heavy atom. The summed E-state index contributed by atoms with van der Waals surface area (Å²) < 4.78 is 10.7. The number of aliphatic carboxylic acids is 1. The number of ether oxygens (including phenoxy) is 2. The van der Waals surface area contributed by atoms with Crippen LogP contribution in [0.3, 0.4) is 0 Å². The Hall–Kier alpha value is -2.54. The predicted molar refractivity (Wildman–Crippen MR) is 90.5 cm³/mol. The van der Waals surface area contributed by atoms with Crippen LogP contribution in [0.25, 0.3) is 0 Å². The van der Waals surface area contributed by atoms with Crippen LogP contribution in [0, 0.1) is 0 Å². The fourth-order valence-electron chi connectivity index (χ4n) is 2.12. The number of methoxy groups -OCH3 is 1. The van der Waals surface area contributed by atoms with E-state index in [2.05, 4.69) is 5.32 Å². The zero-order valence-corrected chi connectivity index (χ0v) is 14.2. The van der Waals surface area contributed by atoms with Gasteiger partial charge in [0.05, 0.1) is 19.6 Å². The molecule has 2 aromatic rings. The summed E-state index contributed by atoms with van der Waals surface area (Å²) in [6.07, 6.45) is -0.957. The van der Waals surface area contributed by atoms with Crippen LogP contribution in [-0.2, 0) is 9.59 Å². The Labute approximate surface area is 144 Å². The first-order chi connectivity index (χ1) is 11.5. The molecule has 0 saturated carbocycles. The van der Waals surface area contributed by atoms with Crippen molar-refractivity contribution in [2.45, 2.75) is 25.5 Å². The van der Waals surface area contributed by atoms with Gasteiger partial charge in [0.1, 0.15) is 11.5 Å². The fraction of sp³-hybridized carbons (Fsp3) is 0.294. The van der Waals surface area contributed by atoms with Crippen LogP contribution in [0.15, 0.2) is 41.1 Å². The standard InChI is InChI=1S/C17H19NO5S/c1-11(23-14-5-3-4-13(8-14)22-2)17(21)18-15(9-16(19)20)12-6-7-24-10-12/h3-8,10-11,15H,9H2,1-2H3,(H,18,21)(H,19,20). The Kier molecular flexibility index (Phi) is 6.20. The quantitative estimate of drug-likeness (QED) is 0.765. The number of hydrogen-bond acceptors (Lipinski definition) is 5. The molecule has 0 bridgehead atoms. The van der Waals surface area contributed by atoms with Gasteiger partial charge in [0.15, 0.2) is 6.10 Å². The molecule has 1 amide bonds. The van der Waals surface area contributed by atoms with Gasteiger partial charge < -0.3 is 19.9 Å². The second-order valence-corrected chi connectivity index (χ2v) is 5.93. The molecule has 0 saturated heterocycles. The molecule has 0 fully saturated rings. The van der Waals surface area contributed by atoms with Gasteiger partial charge >= 0.3 is 5.97 Å². The van der Waals surface area contributed by atoms with Crippen LogP contribution in [0.4, 0.5) is 0 Å². The van der Waals surface area contributed by atoms with Crippen LogP contribution in [0.5, 0.6) is 11.5 Å². The lowest BCUT2D eigenvalue weighted by molar-refractivity contribution is -0.138. The van der Waals surface area contributed by atoms with Crippen LogP contribution < -0.4 is 14.8 Å². The molecule has 1 aromatic heterocycles. The van der Waals surface area contributed by atoms with E-state index in [-0.39, 0.29) is 12.3 Å². The highest BCUT2D eigenvalue weighted by Crippen LogP contribution is 2.22. The normalized spacial score (nSPS) is 12.9. The molecule has 1 heterocycles. The molecule has 2 N–H and O–H groups in total. The summed E-state index contributed by atoms with van der Waals surface area (Å²) in [5.74, 6) is -0.229. The summed E-state index contributed by atoms with van der Waals surface area (Å²) in [4.78, 5) is 23.4. The Morgan fingerprint density at radius 3 is 2.67 bits per heavy atom. The van der Waals surface area contributed by atoms with Crippen LogP contribution in [-0.4, -0.2) is 30.2 Å². The number of carboxylic acid groups (broad SMARTS) is 1. The molecule has 128 valence electrons. The summed E-state index contributed by atoms with van der Waals surface area (Å²) in [6, 6.07) is 8.15. The van der Waals surface area contributed by atoms with Gasteiger partial charge in [-0.2, -0.15) is 11.3 Å². The first-order valence-corrected chi connectivity index (χ1v) is 8.29. The molecule has 1 aromatic carbocycles. The molecule has 0 radical (unpaired) electrons. The van der Waals surface area contributed by atoms with Crippen LogP contribution in [0.1, 0.15) is 24.9 Å². The third-order valence-electron chi connectivity index (χ3n) is 3.36. The molecular formula is C17H19NO5S. The zero-order valence-electron chi connectivity index (χ0n) is 13.4. The van der Waals surface area contributed by atoms with Gasteiger partial charge in [-0.05, 0) is 41.4 Å². The van der Waals surface area contributed by atoms with Gasteiger partial charge in [0.25, 0.3) is 5.91 Å². The number of thiophene rings is 1. The second kappa shape index (κ2) is 8.35. The van der Waals surface area contributed by atoms with Crippen molar-refractivity contribution in [2.24, 2.45) is 0 Å². The van der Waals surface area contributed by atoms with Crippen molar-refractivity contribution in [1.29, 1.82) is 0 Å². The average molecular weight is 349 g/mol. The fourth-order valence-corrected chi connectivity index (χ4v) is 2.84. The molecule has 0 spiro atoms. The molecule has 0 aliphatic rings. The summed E-state index contributed by atoms with van der Waals surface area (Å²) >= 11 is 1.45. The lowest BCUT2D eigenvalue weighted by Crippen LogP contribution is -2.39. The van der Waals surface area contributed by atoms with Crippen LogP contribution >= 0.6 is 11.3 Å². The van der Waals surface area contributed by atoms with E-state index in [1.807, 2.05) is 10.8 Å². The number of benzene rings is 1. The Balaban J connectivity index is 2.01. The van der Waals surface area contributed by atoms with E-state index in [1.165, 1.54) is 11.3 Å². The minimum Gasteiger partial charge on any atom is -0.497 e. The van der Waals surface area contributed by atoms with Gasteiger partial charge in [0.2, 0.25) is 0 Å². The number of amides is 1. The molecule has 2 unspecified atom stereocenters. The van der Waals surface area contributed by atoms with E-state index in [1.54, 1.807) is 44.4 Å². The van der Waals surface area contributed by atoms with Crippen molar-refractivity contribution in [3.63, 3.8) is 0 Å². The topological polar surface area (TPSA) is 84.9 Å². The van der Waals surface area contributed by atoms with Crippen molar-refractivity contribution in [3.05, 3.63) is 46.7 Å². The van der Waals surface area contributed by atoms with Crippen molar-refractivity contribution >= 4 is 23.2 Å². The molecular weight excluding hydrogens is 330 g/mol. The van der Waals surface area contributed by atoms with Crippen molar-refractivity contribution in [2.75, 3.05) is 7.11 Å². The van der Waals surface area contributed by atoms with E-state index in [0.717, 1.165) is 5.56 Å². The minimum atomic E-state index is -0.979.